The van der Waals surface area contributed by atoms with E-state index in [1.54, 1.807) is 18.3 Å². The Hall–Kier alpha value is -4.57. The first-order chi connectivity index (χ1) is 23.7. The maximum atomic E-state index is 13.7. The lowest BCUT2D eigenvalue weighted by Gasteiger charge is -2.46. The Morgan fingerprint density at radius 3 is 1.52 bits per heavy atom. The summed E-state index contributed by atoms with van der Waals surface area (Å²) in [6, 6.07) is 43.2. The van der Waals surface area contributed by atoms with E-state index < -0.39 is 30.6 Å². The number of nitrogens with zero attached hydrogens (tertiary/aromatic N) is 1. The first kappa shape index (κ1) is 33.3. The highest BCUT2D eigenvalue weighted by Crippen LogP contribution is 2.35. The highest BCUT2D eigenvalue weighted by Gasteiger charge is 2.49. The summed E-state index contributed by atoms with van der Waals surface area (Å²) in [5.74, 6) is 0.198. The van der Waals surface area contributed by atoms with Gasteiger partial charge in [-0.05, 0) is 34.4 Å². The highest BCUT2D eigenvalue weighted by molar-refractivity contribution is 5.19. The molecule has 8 nitrogen and oxygen atoms in total. The van der Waals surface area contributed by atoms with Crippen molar-refractivity contribution in [1.29, 1.82) is 0 Å². The molecule has 48 heavy (non-hydrogen) atoms. The van der Waals surface area contributed by atoms with Crippen LogP contribution in [0.1, 0.15) is 28.5 Å². The fraction of sp³-hybridized carbons (Fsp3) is 0.275. The van der Waals surface area contributed by atoms with Gasteiger partial charge in [-0.2, -0.15) is 0 Å². The van der Waals surface area contributed by atoms with E-state index in [4.69, 9.17) is 28.4 Å². The average Bonchev–Trinajstić information content (AvgIpc) is 3.14. The number of ether oxygens (including phenoxy) is 6. The van der Waals surface area contributed by atoms with Crippen LogP contribution in [0.2, 0.25) is 0 Å². The molecule has 0 radical (unpaired) electrons. The molecule has 0 bridgehead atoms. The molecule has 0 aliphatic carbocycles. The third-order valence-electron chi connectivity index (χ3n) is 8.29. The van der Waals surface area contributed by atoms with E-state index in [1.165, 1.54) is 11.7 Å². The maximum Gasteiger partial charge on any atom is 0.295 e. The van der Waals surface area contributed by atoms with E-state index in [0.29, 0.717) is 19.8 Å². The van der Waals surface area contributed by atoms with Gasteiger partial charge in [0.1, 0.15) is 24.4 Å². The Kier molecular flexibility index (Phi) is 11.8. The van der Waals surface area contributed by atoms with E-state index in [0.717, 1.165) is 22.3 Å². The van der Waals surface area contributed by atoms with E-state index >= 15 is 0 Å². The molecule has 2 heterocycles. The monoisotopic (exact) mass is 647 g/mol. The zero-order chi connectivity index (χ0) is 33.0. The van der Waals surface area contributed by atoms with Crippen LogP contribution in [0.5, 0.6) is 5.75 Å². The van der Waals surface area contributed by atoms with Crippen LogP contribution in [0.3, 0.4) is 0 Å². The van der Waals surface area contributed by atoms with Crippen LogP contribution in [0, 0.1) is 0 Å². The van der Waals surface area contributed by atoms with Crippen molar-refractivity contribution < 1.29 is 28.4 Å². The molecule has 0 spiro atoms. The van der Waals surface area contributed by atoms with Gasteiger partial charge in [0, 0.05) is 6.20 Å². The molecule has 0 unspecified atom stereocenters. The predicted molar refractivity (Wildman–Crippen MR) is 182 cm³/mol. The first-order valence-electron chi connectivity index (χ1n) is 16.2. The molecule has 1 aromatic heterocycles. The number of hydrogen-bond acceptors (Lipinski definition) is 7. The molecular weight excluding hydrogens is 606 g/mol. The summed E-state index contributed by atoms with van der Waals surface area (Å²) < 4.78 is 40.2. The van der Waals surface area contributed by atoms with Crippen LogP contribution < -0.4 is 10.3 Å². The van der Waals surface area contributed by atoms with Crippen LogP contribution in [0.4, 0.5) is 0 Å². The lowest BCUT2D eigenvalue weighted by Crippen LogP contribution is -2.60. The Balaban J connectivity index is 1.38. The summed E-state index contributed by atoms with van der Waals surface area (Å²) in [5.41, 5.74) is 3.69. The van der Waals surface area contributed by atoms with Crippen molar-refractivity contribution in [3.05, 3.63) is 172 Å². The number of benzene rings is 4. The summed E-state index contributed by atoms with van der Waals surface area (Å²) in [5, 5.41) is 0. The smallest absolute Gasteiger partial charge is 0.295 e. The van der Waals surface area contributed by atoms with Crippen molar-refractivity contribution in [3.63, 3.8) is 0 Å². The third kappa shape index (κ3) is 8.66. The molecule has 5 aromatic rings. The van der Waals surface area contributed by atoms with E-state index in [9.17, 15) is 4.79 Å². The van der Waals surface area contributed by atoms with Gasteiger partial charge >= 0.3 is 0 Å². The van der Waals surface area contributed by atoms with Crippen molar-refractivity contribution in [3.8, 4) is 5.75 Å². The summed E-state index contributed by atoms with van der Waals surface area (Å²) in [6.45, 7) is 1.49. The van der Waals surface area contributed by atoms with Gasteiger partial charge in [-0.3, -0.25) is 9.36 Å². The first-order valence-corrected chi connectivity index (χ1v) is 16.2. The highest BCUT2D eigenvalue weighted by atomic mass is 16.6. The van der Waals surface area contributed by atoms with Crippen LogP contribution in [0.25, 0.3) is 0 Å². The van der Waals surface area contributed by atoms with Crippen LogP contribution >= 0.6 is 0 Å². The second-order valence-electron chi connectivity index (χ2n) is 11.6. The van der Waals surface area contributed by atoms with Crippen LogP contribution in [-0.2, 0) is 50.1 Å². The maximum absolute atomic E-state index is 13.7. The third-order valence-corrected chi connectivity index (χ3v) is 8.29. The number of methoxy groups -OCH3 is 1. The second kappa shape index (κ2) is 17.0. The van der Waals surface area contributed by atoms with Gasteiger partial charge in [0.2, 0.25) is 0 Å². The molecule has 1 aliphatic rings. The second-order valence-corrected chi connectivity index (χ2v) is 11.6. The average molecular weight is 648 g/mol. The Morgan fingerprint density at radius 2 is 1.02 bits per heavy atom. The molecule has 1 fully saturated rings. The summed E-state index contributed by atoms with van der Waals surface area (Å²) >= 11 is 0. The Labute approximate surface area is 281 Å². The summed E-state index contributed by atoms with van der Waals surface area (Å²) in [6.07, 6.45) is -1.81. The fourth-order valence-corrected chi connectivity index (χ4v) is 5.83. The number of pyridine rings is 1. The minimum Gasteiger partial charge on any atom is -0.491 e. The van der Waals surface area contributed by atoms with Crippen molar-refractivity contribution >= 4 is 0 Å². The molecule has 248 valence electrons. The van der Waals surface area contributed by atoms with Gasteiger partial charge in [0.15, 0.2) is 12.0 Å². The SMILES string of the molecule is COc1cccn([C@@H]2O[C@H](COCc3ccccc3)[C@H](OCc3ccccc3)[C@H](OCc3ccccc3)[C@H]2OCc2ccccc2)c1=O. The van der Waals surface area contributed by atoms with Gasteiger partial charge in [-0.1, -0.05) is 121 Å². The van der Waals surface area contributed by atoms with Gasteiger partial charge in [0.25, 0.3) is 5.56 Å². The summed E-state index contributed by atoms with van der Waals surface area (Å²) in [7, 11) is 1.48. The predicted octanol–water partition coefficient (Wildman–Crippen LogP) is 6.73. The molecule has 0 saturated carbocycles. The fourth-order valence-electron chi connectivity index (χ4n) is 5.83. The quantitative estimate of drug-likeness (QED) is 0.125. The largest absolute Gasteiger partial charge is 0.491 e. The Morgan fingerprint density at radius 1 is 0.562 bits per heavy atom. The molecule has 4 aromatic carbocycles. The minimum absolute atomic E-state index is 0.195. The number of aromatic nitrogens is 1. The topological polar surface area (TPSA) is 77.4 Å². The lowest BCUT2D eigenvalue weighted by atomic mass is 9.96. The van der Waals surface area contributed by atoms with Gasteiger partial charge in [0.05, 0.1) is 40.1 Å². The van der Waals surface area contributed by atoms with Gasteiger partial charge < -0.3 is 28.4 Å². The minimum atomic E-state index is -0.876. The molecule has 1 saturated heterocycles. The van der Waals surface area contributed by atoms with Gasteiger partial charge in [-0.25, -0.2) is 0 Å². The van der Waals surface area contributed by atoms with Crippen molar-refractivity contribution in [2.75, 3.05) is 13.7 Å². The molecule has 6 rings (SSSR count). The zero-order valence-electron chi connectivity index (χ0n) is 27.0. The zero-order valence-corrected chi connectivity index (χ0v) is 27.0. The molecule has 8 heteroatoms. The van der Waals surface area contributed by atoms with E-state index in [1.807, 2.05) is 121 Å². The van der Waals surface area contributed by atoms with Crippen molar-refractivity contribution in [2.24, 2.45) is 0 Å². The van der Waals surface area contributed by atoms with Crippen molar-refractivity contribution in [2.45, 2.75) is 57.1 Å². The molecule has 5 atom stereocenters. The number of rotatable bonds is 15. The Bertz CT molecular complexity index is 1720. The molecule has 0 N–H and O–H groups in total. The van der Waals surface area contributed by atoms with Crippen molar-refractivity contribution in [1.82, 2.24) is 4.57 Å². The standard InChI is InChI=1S/C40H41NO7/c1-43-34-23-14-24-41(39(34)42)40-38(47-28-33-21-12-5-13-22-33)37(46-27-32-19-10-4-11-20-32)36(45-26-31-17-8-3-9-18-31)35(48-40)29-44-25-30-15-6-2-7-16-30/h2-24,35-38,40H,25-29H2,1H3/t35-,36+,37+,38-,40-/m1/s1. The number of hydrogen-bond donors (Lipinski definition) is 0. The normalized spacial score (nSPS) is 20.7. The molecule has 1 aliphatic heterocycles. The molecule has 0 amide bonds. The lowest BCUT2D eigenvalue weighted by molar-refractivity contribution is -0.290. The molecular formula is C40H41NO7. The van der Waals surface area contributed by atoms with Gasteiger partial charge in [-0.15, -0.1) is 0 Å². The van der Waals surface area contributed by atoms with Crippen LogP contribution in [0.15, 0.2) is 144 Å². The van der Waals surface area contributed by atoms with E-state index in [-0.39, 0.29) is 24.5 Å². The van der Waals surface area contributed by atoms with Crippen LogP contribution in [-0.4, -0.2) is 42.7 Å². The van der Waals surface area contributed by atoms with E-state index in [2.05, 4.69) is 0 Å². The summed E-state index contributed by atoms with van der Waals surface area (Å²) in [4.78, 5) is 13.7.